The van der Waals surface area contributed by atoms with Gasteiger partial charge >= 0.3 is 6.03 Å². The van der Waals surface area contributed by atoms with Crippen LogP contribution >= 0.6 is 11.6 Å². The highest BCUT2D eigenvalue weighted by Gasteiger charge is 2.18. The summed E-state index contributed by atoms with van der Waals surface area (Å²) < 4.78 is 0. The van der Waals surface area contributed by atoms with E-state index < -0.39 is 0 Å². The molecule has 0 atom stereocenters. The first-order valence-electron chi connectivity index (χ1n) is 7.69. The molecule has 120 valence electrons. The topological polar surface area (TPSA) is 61.4 Å². The number of nitrogens with zero attached hydrogens (tertiary/aromatic N) is 1. The van der Waals surface area contributed by atoms with E-state index in [1.165, 1.54) is 0 Å². The van der Waals surface area contributed by atoms with Crippen LogP contribution < -0.4 is 10.6 Å². The fourth-order valence-corrected chi connectivity index (χ4v) is 2.57. The number of benzene rings is 1. The maximum Gasteiger partial charge on any atom is 0.314 e. The first-order chi connectivity index (χ1) is 10.6. The summed E-state index contributed by atoms with van der Waals surface area (Å²) in [7, 11) is 0. The molecule has 0 unspecified atom stereocenters. The van der Waals surface area contributed by atoms with Gasteiger partial charge in [-0.3, -0.25) is 4.79 Å². The monoisotopic (exact) mass is 323 g/mol. The number of amides is 3. The van der Waals surface area contributed by atoms with Gasteiger partial charge in [-0.15, -0.1) is 0 Å². The predicted octanol–water partition coefficient (Wildman–Crippen LogP) is 2.19. The van der Waals surface area contributed by atoms with Crippen LogP contribution in [-0.2, 0) is 11.2 Å². The zero-order valence-corrected chi connectivity index (χ0v) is 13.4. The van der Waals surface area contributed by atoms with Crippen molar-refractivity contribution in [2.75, 3.05) is 26.2 Å². The van der Waals surface area contributed by atoms with Crippen molar-refractivity contribution in [3.63, 3.8) is 0 Å². The Labute approximate surface area is 136 Å². The van der Waals surface area contributed by atoms with E-state index in [0.29, 0.717) is 24.5 Å². The summed E-state index contributed by atoms with van der Waals surface area (Å²) in [5.74, 6) is 0.229. The van der Waals surface area contributed by atoms with Gasteiger partial charge in [0, 0.05) is 37.6 Å². The van der Waals surface area contributed by atoms with Crippen LogP contribution in [0.2, 0.25) is 5.02 Å². The maximum absolute atomic E-state index is 11.6. The van der Waals surface area contributed by atoms with Crippen molar-refractivity contribution in [2.24, 2.45) is 0 Å². The third-order valence-electron chi connectivity index (χ3n) is 3.67. The van der Waals surface area contributed by atoms with Crippen LogP contribution in [0.5, 0.6) is 0 Å². The molecule has 5 nitrogen and oxygen atoms in total. The number of rotatable bonds is 7. The van der Waals surface area contributed by atoms with Crippen molar-refractivity contribution >= 4 is 23.5 Å². The molecule has 22 heavy (non-hydrogen) atoms. The van der Waals surface area contributed by atoms with Gasteiger partial charge in [-0.2, -0.15) is 0 Å². The number of hydrogen-bond donors (Lipinski definition) is 2. The molecule has 1 aromatic carbocycles. The molecule has 6 heteroatoms. The molecule has 1 saturated heterocycles. The first kappa shape index (κ1) is 16.6. The van der Waals surface area contributed by atoms with Gasteiger partial charge in [0.25, 0.3) is 0 Å². The molecule has 3 amide bonds. The van der Waals surface area contributed by atoms with Gasteiger partial charge in [0.05, 0.1) is 0 Å². The summed E-state index contributed by atoms with van der Waals surface area (Å²) in [4.78, 5) is 24.9. The normalized spacial score (nSPS) is 14.2. The lowest BCUT2D eigenvalue weighted by atomic mass is 10.1. The molecule has 1 aromatic rings. The van der Waals surface area contributed by atoms with Crippen LogP contribution in [0.4, 0.5) is 4.79 Å². The fourth-order valence-electron chi connectivity index (χ4n) is 2.45. The molecular formula is C16H22ClN3O2. The maximum atomic E-state index is 11.6. The van der Waals surface area contributed by atoms with E-state index in [4.69, 9.17) is 11.6 Å². The Morgan fingerprint density at radius 2 is 1.91 bits per heavy atom. The van der Waals surface area contributed by atoms with E-state index in [9.17, 15) is 9.59 Å². The minimum atomic E-state index is -0.165. The number of urea groups is 1. The smallest absolute Gasteiger partial charge is 0.314 e. The zero-order chi connectivity index (χ0) is 15.8. The van der Waals surface area contributed by atoms with Crippen molar-refractivity contribution in [2.45, 2.75) is 25.7 Å². The highest BCUT2D eigenvalue weighted by atomic mass is 35.5. The molecule has 0 radical (unpaired) electrons. The Balaban J connectivity index is 1.52. The quantitative estimate of drug-likeness (QED) is 0.756. The number of carbonyl (C=O) groups is 2. The molecule has 0 aliphatic carbocycles. The van der Waals surface area contributed by atoms with Gasteiger partial charge < -0.3 is 15.5 Å². The fraction of sp³-hybridized carbons (Fsp3) is 0.500. The third kappa shape index (κ3) is 5.56. The molecule has 0 spiro atoms. The third-order valence-corrected chi connectivity index (χ3v) is 3.93. The predicted molar refractivity (Wildman–Crippen MR) is 87.0 cm³/mol. The Hall–Kier alpha value is -1.75. The second-order valence-electron chi connectivity index (χ2n) is 5.40. The van der Waals surface area contributed by atoms with Gasteiger partial charge in [-0.25, -0.2) is 4.79 Å². The van der Waals surface area contributed by atoms with Gasteiger partial charge in [0.1, 0.15) is 0 Å². The number of hydrogen-bond acceptors (Lipinski definition) is 2. The number of nitrogens with one attached hydrogen (secondary N) is 2. The van der Waals surface area contributed by atoms with Crippen LogP contribution in [0.3, 0.4) is 0 Å². The second kappa shape index (κ2) is 8.63. The van der Waals surface area contributed by atoms with E-state index in [1.807, 2.05) is 29.2 Å². The zero-order valence-electron chi connectivity index (χ0n) is 12.6. The van der Waals surface area contributed by atoms with E-state index in [2.05, 4.69) is 10.6 Å². The minimum Gasteiger partial charge on any atom is -0.343 e. The summed E-state index contributed by atoms with van der Waals surface area (Å²) in [6.07, 6.45) is 3.18. The SMILES string of the molecule is O=C(NCCCN1CCCC1=O)NCCc1ccc(Cl)cc1. The Bertz CT molecular complexity index is 505. The molecule has 1 aliphatic heterocycles. The Morgan fingerprint density at radius 1 is 1.18 bits per heavy atom. The van der Waals surface area contributed by atoms with E-state index >= 15 is 0 Å². The molecule has 2 rings (SSSR count). The van der Waals surface area contributed by atoms with Crippen molar-refractivity contribution < 1.29 is 9.59 Å². The summed E-state index contributed by atoms with van der Waals surface area (Å²) in [5.41, 5.74) is 1.14. The van der Waals surface area contributed by atoms with Gasteiger partial charge in [-0.1, -0.05) is 23.7 Å². The van der Waals surface area contributed by atoms with Crippen LogP contribution in [0.15, 0.2) is 24.3 Å². The summed E-state index contributed by atoms with van der Waals surface area (Å²) in [6, 6.07) is 7.43. The highest BCUT2D eigenvalue weighted by Crippen LogP contribution is 2.10. The van der Waals surface area contributed by atoms with Gasteiger partial charge in [0.2, 0.25) is 5.91 Å². The van der Waals surface area contributed by atoms with E-state index in [0.717, 1.165) is 37.9 Å². The van der Waals surface area contributed by atoms with Crippen LogP contribution in [0.25, 0.3) is 0 Å². The largest absolute Gasteiger partial charge is 0.343 e. The Kier molecular flexibility index (Phi) is 6.52. The van der Waals surface area contributed by atoms with E-state index in [-0.39, 0.29) is 11.9 Å². The van der Waals surface area contributed by atoms with Crippen LogP contribution in [0.1, 0.15) is 24.8 Å². The molecule has 1 heterocycles. The lowest BCUT2D eigenvalue weighted by molar-refractivity contribution is -0.127. The van der Waals surface area contributed by atoms with Crippen molar-refractivity contribution in [3.05, 3.63) is 34.9 Å². The molecule has 1 fully saturated rings. The van der Waals surface area contributed by atoms with Gasteiger partial charge in [-0.05, 0) is 37.0 Å². The lowest BCUT2D eigenvalue weighted by Crippen LogP contribution is -2.38. The van der Waals surface area contributed by atoms with Gasteiger partial charge in [0.15, 0.2) is 0 Å². The molecular weight excluding hydrogens is 302 g/mol. The molecule has 0 saturated carbocycles. The average Bonchev–Trinajstić information content (AvgIpc) is 2.91. The molecule has 2 N–H and O–H groups in total. The van der Waals surface area contributed by atoms with Crippen molar-refractivity contribution in [1.82, 2.24) is 15.5 Å². The van der Waals surface area contributed by atoms with Crippen LogP contribution in [-0.4, -0.2) is 43.0 Å². The van der Waals surface area contributed by atoms with Crippen LogP contribution in [0, 0.1) is 0 Å². The number of carbonyl (C=O) groups excluding carboxylic acids is 2. The first-order valence-corrected chi connectivity index (χ1v) is 8.07. The number of halogens is 1. The molecule has 0 bridgehead atoms. The summed E-state index contributed by atoms with van der Waals surface area (Å²) in [6.45, 7) is 2.74. The highest BCUT2D eigenvalue weighted by molar-refractivity contribution is 6.30. The van der Waals surface area contributed by atoms with E-state index in [1.54, 1.807) is 0 Å². The minimum absolute atomic E-state index is 0.165. The molecule has 1 aliphatic rings. The number of likely N-dealkylation sites (tertiary alicyclic amines) is 1. The standard InChI is InChI=1S/C16H22ClN3O2/c17-14-6-4-13(5-7-14)8-10-19-16(22)18-9-2-12-20-11-1-3-15(20)21/h4-7H,1-3,8-12H2,(H2,18,19,22). The second-order valence-corrected chi connectivity index (χ2v) is 5.83. The Morgan fingerprint density at radius 3 is 2.59 bits per heavy atom. The molecule has 0 aromatic heterocycles. The average molecular weight is 324 g/mol. The summed E-state index contributed by atoms with van der Waals surface area (Å²) in [5, 5.41) is 6.34. The van der Waals surface area contributed by atoms with Crippen molar-refractivity contribution in [3.8, 4) is 0 Å². The summed E-state index contributed by atoms with van der Waals surface area (Å²) >= 11 is 5.82. The van der Waals surface area contributed by atoms with Crippen molar-refractivity contribution in [1.29, 1.82) is 0 Å². The lowest BCUT2D eigenvalue weighted by Gasteiger charge is -2.15.